The molecule has 1 N–H and O–H groups in total. The van der Waals surface area contributed by atoms with Crippen molar-refractivity contribution in [1.82, 2.24) is 25.0 Å². The van der Waals surface area contributed by atoms with E-state index in [2.05, 4.69) is 47.7 Å². The van der Waals surface area contributed by atoms with E-state index in [0.717, 1.165) is 80.9 Å². The molecule has 1 atom stereocenters. The number of rotatable bonds is 8. The highest BCUT2D eigenvalue weighted by atomic mass is 35.5. The first-order valence-corrected chi connectivity index (χ1v) is 22.8. The zero-order valence-electron chi connectivity index (χ0n) is 36.6. The Balaban J connectivity index is 0.701. The number of imide groups is 2. The number of hydrogen-bond acceptors (Lipinski definition) is 10. The molecule has 2 aromatic carbocycles. The molecule has 0 bridgehead atoms. The summed E-state index contributed by atoms with van der Waals surface area (Å²) in [7, 11) is 0. The number of ether oxygens (including phenoxy) is 1. The molecular weight excluding hydrogens is 839 g/mol. The molecular formula is C48H52ClFN8O6. The van der Waals surface area contributed by atoms with Crippen LogP contribution < -0.4 is 19.9 Å². The predicted octanol–water partition coefficient (Wildman–Crippen LogP) is 6.48. The molecule has 4 saturated heterocycles. The highest BCUT2D eigenvalue weighted by molar-refractivity contribution is 6.33. The summed E-state index contributed by atoms with van der Waals surface area (Å²) in [6.45, 7) is 22.4. The Hall–Kier alpha value is -5.59. The molecule has 64 heavy (non-hydrogen) atoms. The molecule has 6 aliphatic heterocycles. The second-order valence-electron chi connectivity index (χ2n) is 20.2. The number of piperidine rings is 3. The van der Waals surface area contributed by atoms with E-state index < -0.39 is 35.5 Å². The topological polar surface area (TPSA) is 140 Å². The lowest BCUT2D eigenvalue weighted by Crippen LogP contribution is -2.74. The molecule has 3 aromatic rings. The van der Waals surface area contributed by atoms with Crippen LogP contribution in [0.5, 0.6) is 5.75 Å². The third-order valence-corrected chi connectivity index (χ3v) is 15.7. The van der Waals surface area contributed by atoms with E-state index in [1.165, 1.54) is 6.07 Å². The number of halogens is 2. The summed E-state index contributed by atoms with van der Waals surface area (Å²) < 4.78 is 22.0. The molecule has 5 fully saturated rings. The molecule has 1 saturated carbocycles. The zero-order chi connectivity index (χ0) is 45.0. The van der Waals surface area contributed by atoms with Crippen molar-refractivity contribution in [1.29, 1.82) is 0 Å². The summed E-state index contributed by atoms with van der Waals surface area (Å²) in [5, 5.41) is 2.55. The van der Waals surface area contributed by atoms with Crippen LogP contribution >= 0.6 is 11.6 Å². The van der Waals surface area contributed by atoms with Crippen LogP contribution in [0.3, 0.4) is 0 Å². The number of anilines is 2. The number of benzene rings is 2. The fraction of sp³-hybridized carbons (Fsp3) is 0.521. The lowest BCUT2D eigenvalue weighted by Gasteiger charge is -2.65. The summed E-state index contributed by atoms with van der Waals surface area (Å²) in [5.41, 5.74) is 1.56. The van der Waals surface area contributed by atoms with Crippen molar-refractivity contribution in [3.63, 3.8) is 0 Å². The van der Waals surface area contributed by atoms with Gasteiger partial charge in [0.1, 0.15) is 29.5 Å². The van der Waals surface area contributed by atoms with E-state index in [1.807, 2.05) is 21.9 Å². The van der Waals surface area contributed by atoms with Gasteiger partial charge in [0.25, 0.3) is 17.7 Å². The first-order valence-electron chi connectivity index (χ1n) is 22.4. The lowest BCUT2D eigenvalue weighted by molar-refractivity contribution is -0.199. The molecule has 14 nitrogen and oxygen atoms in total. The van der Waals surface area contributed by atoms with Crippen molar-refractivity contribution >= 4 is 58.3 Å². The summed E-state index contributed by atoms with van der Waals surface area (Å²) in [4.78, 5) is 82.8. The minimum atomic E-state index is -1.09. The summed E-state index contributed by atoms with van der Waals surface area (Å²) in [5.74, 6) is -0.957. The maximum atomic E-state index is 15.5. The van der Waals surface area contributed by atoms with Gasteiger partial charge >= 0.3 is 0 Å². The normalized spacial score (nSPS) is 26.1. The number of hydrogen-bond donors (Lipinski definition) is 1. The first-order chi connectivity index (χ1) is 30.5. The largest absolute Gasteiger partial charge is 0.489 e. The van der Waals surface area contributed by atoms with Gasteiger partial charge in [0.15, 0.2) is 0 Å². The fourth-order valence-corrected chi connectivity index (χ4v) is 12.7. The standard InChI is InChI=1S/C48H52ClFN8O6/c1-46(2)44(47(3,4)45(46)64-28-6-8-34(51-5)32(49)20-28)57-24-35-29(41(57)61)7-10-38(52-35)55-16-12-27(13-17-55)23-54-18-14-48(15-19-54)25-56(26-48)37-22-31-30(21-33(37)50)42(62)58(43(31)63)36-9-11-39(59)53-40(36)60/h6-8,10,20-22,27,36,44-45H,9,11-19,23-26H2,1-4H3,(H,53,59,60). The van der Waals surface area contributed by atoms with Gasteiger partial charge < -0.3 is 24.3 Å². The van der Waals surface area contributed by atoms with E-state index >= 15 is 4.39 Å². The number of aromatic nitrogens is 1. The number of amides is 5. The lowest BCUT2D eigenvalue weighted by atomic mass is 9.49. The van der Waals surface area contributed by atoms with Gasteiger partial charge in [-0.25, -0.2) is 14.2 Å². The number of likely N-dealkylation sites (tertiary alicyclic amines) is 1. The Morgan fingerprint density at radius 2 is 1.55 bits per heavy atom. The molecule has 1 aliphatic carbocycles. The Morgan fingerprint density at radius 1 is 0.859 bits per heavy atom. The monoisotopic (exact) mass is 890 g/mol. The fourth-order valence-electron chi connectivity index (χ4n) is 12.5. The van der Waals surface area contributed by atoms with E-state index in [-0.39, 0.29) is 58.3 Å². The molecule has 7 heterocycles. The van der Waals surface area contributed by atoms with E-state index in [1.54, 1.807) is 18.2 Å². The zero-order valence-corrected chi connectivity index (χ0v) is 37.3. The Kier molecular flexibility index (Phi) is 10.1. The van der Waals surface area contributed by atoms with Crippen LogP contribution in [0, 0.1) is 34.6 Å². The first kappa shape index (κ1) is 42.4. The van der Waals surface area contributed by atoms with Crippen LogP contribution in [-0.4, -0.2) is 113 Å². The molecule has 10 rings (SSSR count). The number of pyridine rings is 1. The number of carbonyl (C=O) groups excluding carboxylic acids is 5. The minimum Gasteiger partial charge on any atom is -0.489 e. The molecule has 7 aliphatic rings. The van der Waals surface area contributed by atoms with Crippen molar-refractivity contribution in [2.75, 3.05) is 55.6 Å². The van der Waals surface area contributed by atoms with Gasteiger partial charge in [-0.05, 0) is 87.5 Å². The number of fused-ring (bicyclic) bond motifs is 2. The molecule has 5 amide bonds. The van der Waals surface area contributed by atoms with Crippen LogP contribution in [0.2, 0.25) is 5.02 Å². The van der Waals surface area contributed by atoms with Crippen LogP contribution in [0.25, 0.3) is 4.85 Å². The quantitative estimate of drug-likeness (QED) is 0.198. The molecule has 1 unspecified atom stereocenters. The minimum absolute atomic E-state index is 0.00407. The molecule has 0 radical (unpaired) electrons. The van der Waals surface area contributed by atoms with Gasteiger partial charge in [0.2, 0.25) is 17.5 Å². The third-order valence-electron chi connectivity index (χ3n) is 15.4. The Labute approximate surface area is 376 Å². The van der Waals surface area contributed by atoms with E-state index in [0.29, 0.717) is 53.3 Å². The van der Waals surface area contributed by atoms with Crippen molar-refractivity contribution < 1.29 is 33.1 Å². The van der Waals surface area contributed by atoms with E-state index in [9.17, 15) is 24.0 Å². The van der Waals surface area contributed by atoms with Crippen LogP contribution in [0.4, 0.5) is 21.6 Å². The van der Waals surface area contributed by atoms with Crippen molar-refractivity contribution in [2.24, 2.45) is 22.2 Å². The second-order valence-corrected chi connectivity index (χ2v) is 20.7. The van der Waals surface area contributed by atoms with Gasteiger partial charge in [-0.3, -0.25) is 34.2 Å². The van der Waals surface area contributed by atoms with Crippen molar-refractivity contribution in [3.8, 4) is 5.75 Å². The van der Waals surface area contributed by atoms with Crippen molar-refractivity contribution in [2.45, 2.75) is 91.0 Å². The summed E-state index contributed by atoms with van der Waals surface area (Å²) >= 11 is 6.32. The van der Waals surface area contributed by atoms with E-state index in [4.69, 9.17) is 27.9 Å². The van der Waals surface area contributed by atoms with Crippen LogP contribution in [-0.2, 0) is 16.1 Å². The summed E-state index contributed by atoms with van der Waals surface area (Å²) in [6, 6.07) is 10.5. The maximum absolute atomic E-state index is 15.5. The molecule has 1 spiro atoms. The van der Waals surface area contributed by atoms with Gasteiger partial charge in [-0.15, -0.1) is 0 Å². The number of nitrogens with one attached hydrogen (secondary N) is 1. The average molecular weight is 891 g/mol. The highest BCUT2D eigenvalue weighted by Crippen LogP contribution is 2.59. The van der Waals surface area contributed by atoms with Crippen LogP contribution in [0.15, 0.2) is 42.5 Å². The maximum Gasteiger partial charge on any atom is 0.262 e. The summed E-state index contributed by atoms with van der Waals surface area (Å²) in [6.07, 6.45) is 3.99. The Morgan fingerprint density at radius 3 is 2.20 bits per heavy atom. The van der Waals surface area contributed by atoms with Gasteiger partial charge in [-0.1, -0.05) is 45.4 Å². The smallest absolute Gasteiger partial charge is 0.262 e. The Bertz CT molecular complexity index is 2540. The van der Waals surface area contributed by atoms with Gasteiger partial charge in [0, 0.05) is 61.4 Å². The average Bonchev–Trinajstić information content (AvgIpc) is 3.68. The van der Waals surface area contributed by atoms with Gasteiger partial charge in [0.05, 0.1) is 46.2 Å². The molecule has 16 heteroatoms. The van der Waals surface area contributed by atoms with Crippen LogP contribution in [0.1, 0.15) is 103 Å². The second kappa shape index (κ2) is 15.3. The SMILES string of the molecule is [C-]#[N+]c1ccc(OC2C(C)(C)C(N3Cc4nc(N5CCC(CN6CCC7(CC6)CN(c6cc8c(cc6F)C(=O)N(C6CCC(=O)NC6=O)C8=O)C7)CC5)ccc4C3=O)C2(C)C)cc1Cl. The predicted molar refractivity (Wildman–Crippen MR) is 236 cm³/mol. The highest BCUT2D eigenvalue weighted by Gasteiger charge is 2.67. The third kappa shape index (κ3) is 6.82. The van der Waals surface area contributed by atoms with Gasteiger partial charge in [-0.2, -0.15) is 0 Å². The number of nitrogens with zero attached hydrogens (tertiary/aromatic N) is 7. The molecule has 1 aromatic heterocycles. The number of carbonyl (C=O) groups is 5. The van der Waals surface area contributed by atoms with Crippen molar-refractivity contribution in [3.05, 3.63) is 87.1 Å². The molecule has 334 valence electrons.